The summed E-state index contributed by atoms with van der Waals surface area (Å²) in [7, 11) is 2.00. The van der Waals surface area contributed by atoms with Crippen molar-refractivity contribution in [3.8, 4) is 0 Å². The highest BCUT2D eigenvalue weighted by atomic mass is 35.5. The van der Waals surface area contributed by atoms with E-state index in [0.717, 1.165) is 17.9 Å². The van der Waals surface area contributed by atoms with Gasteiger partial charge in [0.2, 0.25) is 0 Å². The third kappa shape index (κ3) is 3.59. The second-order valence-corrected chi connectivity index (χ2v) is 4.88. The highest BCUT2D eigenvalue weighted by Gasteiger charge is 2.10. The molecule has 0 bridgehead atoms. The Balaban J connectivity index is 2.04. The molecule has 1 nitrogen and oxygen atoms in total. The van der Waals surface area contributed by atoms with Gasteiger partial charge in [-0.2, -0.15) is 0 Å². The Morgan fingerprint density at radius 1 is 0.944 bits per heavy atom. The van der Waals surface area contributed by atoms with Crippen molar-refractivity contribution >= 4 is 11.6 Å². The quantitative estimate of drug-likeness (QED) is 0.863. The first-order chi connectivity index (χ1) is 8.79. The van der Waals surface area contributed by atoms with Crippen LogP contribution in [0.5, 0.6) is 0 Å². The van der Waals surface area contributed by atoms with Gasteiger partial charge in [-0.15, -0.1) is 0 Å². The van der Waals surface area contributed by atoms with Gasteiger partial charge in [-0.3, -0.25) is 0 Å². The van der Waals surface area contributed by atoms with Gasteiger partial charge in [0.1, 0.15) is 0 Å². The maximum atomic E-state index is 6.20. The summed E-state index contributed by atoms with van der Waals surface area (Å²) < 4.78 is 0. The van der Waals surface area contributed by atoms with Crippen molar-refractivity contribution in [1.82, 2.24) is 5.32 Å². The molecule has 1 unspecified atom stereocenters. The third-order valence-electron chi connectivity index (χ3n) is 3.16. The average Bonchev–Trinajstić information content (AvgIpc) is 2.41. The predicted molar refractivity (Wildman–Crippen MR) is 78.1 cm³/mol. The SMILES string of the molecule is CNC(Cc1ccccc1)Cc1ccccc1Cl. The fraction of sp³-hybridized carbons (Fsp3) is 0.250. The Morgan fingerprint density at radius 2 is 1.61 bits per heavy atom. The number of nitrogens with one attached hydrogen (secondary N) is 1. The molecule has 2 heteroatoms. The van der Waals surface area contributed by atoms with Gasteiger partial charge in [-0.25, -0.2) is 0 Å². The minimum Gasteiger partial charge on any atom is -0.316 e. The fourth-order valence-corrected chi connectivity index (χ4v) is 2.32. The Hall–Kier alpha value is -1.31. The van der Waals surface area contributed by atoms with E-state index < -0.39 is 0 Å². The summed E-state index contributed by atoms with van der Waals surface area (Å²) in [6.45, 7) is 0. The van der Waals surface area contributed by atoms with E-state index in [2.05, 4.69) is 35.6 Å². The van der Waals surface area contributed by atoms with Gasteiger partial charge < -0.3 is 5.32 Å². The first-order valence-corrected chi connectivity index (χ1v) is 6.62. The van der Waals surface area contributed by atoms with Crippen LogP contribution in [0.4, 0.5) is 0 Å². The maximum absolute atomic E-state index is 6.20. The Bertz CT molecular complexity index is 481. The van der Waals surface area contributed by atoms with Gasteiger partial charge in [0.15, 0.2) is 0 Å². The lowest BCUT2D eigenvalue weighted by atomic mass is 9.99. The van der Waals surface area contributed by atoms with E-state index in [4.69, 9.17) is 11.6 Å². The summed E-state index contributed by atoms with van der Waals surface area (Å²) in [6, 6.07) is 19.0. The molecule has 0 saturated heterocycles. The Morgan fingerprint density at radius 3 is 2.28 bits per heavy atom. The molecule has 1 atom stereocenters. The van der Waals surface area contributed by atoms with Crippen LogP contribution < -0.4 is 5.32 Å². The largest absolute Gasteiger partial charge is 0.316 e. The van der Waals surface area contributed by atoms with Gasteiger partial charge >= 0.3 is 0 Å². The van der Waals surface area contributed by atoms with Crippen molar-refractivity contribution in [3.63, 3.8) is 0 Å². The summed E-state index contributed by atoms with van der Waals surface area (Å²) in [5.41, 5.74) is 2.55. The molecule has 18 heavy (non-hydrogen) atoms. The molecule has 2 aromatic carbocycles. The van der Waals surface area contributed by atoms with E-state index >= 15 is 0 Å². The molecule has 0 spiro atoms. The molecule has 0 fully saturated rings. The van der Waals surface area contributed by atoms with Crippen LogP contribution in [0.3, 0.4) is 0 Å². The van der Waals surface area contributed by atoms with Crippen molar-refractivity contribution in [2.75, 3.05) is 7.05 Å². The number of halogens is 1. The zero-order valence-corrected chi connectivity index (χ0v) is 11.3. The second kappa shape index (κ2) is 6.58. The Labute approximate surface area is 114 Å². The van der Waals surface area contributed by atoms with Crippen LogP contribution in [0.2, 0.25) is 5.02 Å². The molecule has 2 aromatic rings. The van der Waals surface area contributed by atoms with Crippen LogP contribution in [0.25, 0.3) is 0 Å². The number of likely N-dealkylation sites (N-methyl/N-ethyl adjacent to an activating group) is 1. The molecular weight excluding hydrogens is 242 g/mol. The second-order valence-electron chi connectivity index (χ2n) is 4.47. The van der Waals surface area contributed by atoms with E-state index in [1.165, 1.54) is 11.1 Å². The van der Waals surface area contributed by atoms with Crippen LogP contribution in [0, 0.1) is 0 Å². The van der Waals surface area contributed by atoms with Crippen LogP contribution in [0.15, 0.2) is 54.6 Å². The molecule has 0 aliphatic carbocycles. The smallest absolute Gasteiger partial charge is 0.0438 e. The zero-order valence-electron chi connectivity index (χ0n) is 10.6. The van der Waals surface area contributed by atoms with Crippen LogP contribution >= 0.6 is 11.6 Å². The third-order valence-corrected chi connectivity index (χ3v) is 3.53. The topological polar surface area (TPSA) is 12.0 Å². The van der Waals surface area contributed by atoms with Gasteiger partial charge in [0.05, 0.1) is 0 Å². The molecule has 0 aromatic heterocycles. The Kier molecular flexibility index (Phi) is 4.80. The number of benzene rings is 2. The highest BCUT2D eigenvalue weighted by Crippen LogP contribution is 2.17. The van der Waals surface area contributed by atoms with Crippen LogP contribution in [-0.2, 0) is 12.8 Å². The normalized spacial score (nSPS) is 12.3. The molecule has 2 rings (SSSR count). The fourth-order valence-electron chi connectivity index (χ4n) is 2.10. The summed E-state index contributed by atoms with van der Waals surface area (Å²) in [4.78, 5) is 0. The zero-order chi connectivity index (χ0) is 12.8. The first kappa shape index (κ1) is 13.1. The van der Waals surface area contributed by atoms with E-state index in [1.54, 1.807) is 0 Å². The average molecular weight is 260 g/mol. The van der Waals surface area contributed by atoms with Crippen molar-refractivity contribution < 1.29 is 0 Å². The van der Waals surface area contributed by atoms with Gasteiger partial charge in [-0.05, 0) is 37.1 Å². The summed E-state index contributed by atoms with van der Waals surface area (Å²) >= 11 is 6.20. The van der Waals surface area contributed by atoms with Crippen molar-refractivity contribution in [2.45, 2.75) is 18.9 Å². The monoisotopic (exact) mass is 259 g/mol. The number of hydrogen-bond donors (Lipinski definition) is 1. The number of hydrogen-bond acceptors (Lipinski definition) is 1. The molecule has 0 heterocycles. The van der Waals surface area contributed by atoms with E-state index in [9.17, 15) is 0 Å². The van der Waals surface area contributed by atoms with E-state index in [0.29, 0.717) is 6.04 Å². The molecule has 0 aliphatic heterocycles. The van der Waals surface area contributed by atoms with Gasteiger partial charge in [0.25, 0.3) is 0 Å². The summed E-state index contributed by atoms with van der Waals surface area (Å²) in [5, 5.41) is 4.22. The maximum Gasteiger partial charge on any atom is 0.0438 e. The van der Waals surface area contributed by atoms with Crippen molar-refractivity contribution in [2.24, 2.45) is 0 Å². The lowest BCUT2D eigenvalue weighted by molar-refractivity contribution is 0.556. The number of rotatable bonds is 5. The van der Waals surface area contributed by atoms with E-state index in [1.807, 2.05) is 31.3 Å². The first-order valence-electron chi connectivity index (χ1n) is 6.24. The molecule has 0 aliphatic rings. The standard InChI is InChI=1S/C16H18ClN/c1-18-15(11-13-7-3-2-4-8-13)12-14-9-5-6-10-16(14)17/h2-10,15,18H,11-12H2,1H3. The lowest BCUT2D eigenvalue weighted by Gasteiger charge is -2.17. The van der Waals surface area contributed by atoms with Crippen molar-refractivity contribution in [3.05, 3.63) is 70.7 Å². The van der Waals surface area contributed by atoms with Crippen LogP contribution in [0.1, 0.15) is 11.1 Å². The molecule has 94 valence electrons. The lowest BCUT2D eigenvalue weighted by Crippen LogP contribution is -2.30. The minimum absolute atomic E-state index is 0.410. The minimum atomic E-state index is 0.410. The highest BCUT2D eigenvalue weighted by molar-refractivity contribution is 6.31. The molecular formula is C16H18ClN. The molecule has 1 N–H and O–H groups in total. The molecule has 0 radical (unpaired) electrons. The molecule has 0 saturated carbocycles. The predicted octanol–water partition coefficient (Wildman–Crippen LogP) is 3.71. The molecule has 0 amide bonds. The van der Waals surface area contributed by atoms with Crippen LogP contribution in [-0.4, -0.2) is 13.1 Å². The summed E-state index contributed by atoms with van der Waals surface area (Å²) in [5.74, 6) is 0. The van der Waals surface area contributed by atoms with E-state index in [-0.39, 0.29) is 0 Å². The van der Waals surface area contributed by atoms with Gasteiger partial charge in [0, 0.05) is 11.1 Å². The van der Waals surface area contributed by atoms with Crippen molar-refractivity contribution in [1.29, 1.82) is 0 Å². The van der Waals surface area contributed by atoms with Gasteiger partial charge in [-0.1, -0.05) is 60.1 Å². The summed E-state index contributed by atoms with van der Waals surface area (Å²) in [6.07, 6.45) is 1.97.